The summed E-state index contributed by atoms with van der Waals surface area (Å²) in [5.41, 5.74) is 2.38. The number of carbonyl (C=O) groups excluding carboxylic acids is 1. The zero-order chi connectivity index (χ0) is 24.4. The van der Waals surface area contributed by atoms with Gasteiger partial charge in [-0.3, -0.25) is 0 Å². The second kappa shape index (κ2) is 12.3. The van der Waals surface area contributed by atoms with Crippen molar-refractivity contribution in [1.29, 1.82) is 0 Å². The molecule has 0 amide bonds. The molecule has 7 heteroatoms. The molecule has 0 aromatic heterocycles. The summed E-state index contributed by atoms with van der Waals surface area (Å²) in [5.74, 6) is 0.668. The lowest BCUT2D eigenvalue weighted by Gasteiger charge is -2.12. The third kappa shape index (κ3) is 8.11. The number of aliphatic hydroxyl groups is 1. The van der Waals surface area contributed by atoms with Gasteiger partial charge in [0.05, 0.1) is 38.3 Å². The van der Waals surface area contributed by atoms with Gasteiger partial charge in [-0.1, -0.05) is 29.9 Å². The number of hydrogen-bond acceptors (Lipinski definition) is 7. The molecule has 0 spiro atoms. The molecule has 1 N–H and O–H groups in total. The number of aliphatic hydroxyl groups excluding tert-OH is 1. The first kappa shape index (κ1) is 26.2. The minimum atomic E-state index is -0.593. The van der Waals surface area contributed by atoms with E-state index in [4.69, 9.17) is 23.7 Å². The van der Waals surface area contributed by atoms with Crippen molar-refractivity contribution in [2.24, 2.45) is 0 Å². The van der Waals surface area contributed by atoms with Gasteiger partial charge in [-0.15, -0.1) is 0 Å². The van der Waals surface area contributed by atoms with Crippen LogP contribution in [0.1, 0.15) is 33.3 Å². The second-order valence-corrected chi connectivity index (χ2v) is 8.29. The molecule has 1 atom stereocenters. The smallest absolute Gasteiger partial charge is 0.341 e. The summed E-state index contributed by atoms with van der Waals surface area (Å²) in [6.07, 6.45) is 8.48. The first-order chi connectivity index (χ1) is 15.7. The lowest BCUT2D eigenvalue weighted by atomic mass is 10.1. The lowest BCUT2D eigenvalue weighted by Crippen LogP contribution is -2.13. The van der Waals surface area contributed by atoms with Crippen LogP contribution in [-0.4, -0.2) is 56.8 Å². The molecule has 0 saturated carbocycles. The van der Waals surface area contributed by atoms with Gasteiger partial charge >= 0.3 is 5.97 Å². The standard InChI is InChI=1S/C26H34O7/c1-18(2)12-13-31-22-11-10-19(14-23(22)32-17-24-26(3,4)33-24)8-7-9-20(15-27)21(16-29-5)25(28)30-6/h7-12,14,16,24,27H,13,15,17H2,1-6H3/b8-7+,20-9-,21-16+/t24-/m0/s1. The number of epoxide rings is 1. The van der Waals surface area contributed by atoms with Crippen molar-refractivity contribution in [2.75, 3.05) is 34.0 Å². The number of hydrogen-bond donors (Lipinski definition) is 1. The average Bonchev–Trinajstić information content (AvgIpc) is 3.40. The van der Waals surface area contributed by atoms with Crippen LogP contribution in [0.3, 0.4) is 0 Å². The van der Waals surface area contributed by atoms with Crippen molar-refractivity contribution in [3.63, 3.8) is 0 Å². The Labute approximate surface area is 195 Å². The van der Waals surface area contributed by atoms with Gasteiger partial charge in [-0.25, -0.2) is 4.79 Å². The fraction of sp³-hybridized carbons (Fsp3) is 0.423. The molecule has 0 radical (unpaired) electrons. The minimum absolute atomic E-state index is 0.0432. The van der Waals surface area contributed by atoms with Crippen molar-refractivity contribution in [2.45, 2.75) is 39.4 Å². The van der Waals surface area contributed by atoms with E-state index in [2.05, 4.69) is 0 Å². The number of ether oxygens (including phenoxy) is 5. The molecule has 1 aromatic rings. The minimum Gasteiger partial charge on any atom is -0.503 e. The Morgan fingerprint density at radius 2 is 1.91 bits per heavy atom. The van der Waals surface area contributed by atoms with E-state index in [1.54, 1.807) is 12.2 Å². The molecule has 180 valence electrons. The molecule has 1 saturated heterocycles. The molecule has 2 rings (SSSR count). The first-order valence-corrected chi connectivity index (χ1v) is 10.7. The van der Waals surface area contributed by atoms with E-state index in [0.29, 0.717) is 30.3 Å². The fourth-order valence-corrected chi connectivity index (χ4v) is 2.88. The maximum absolute atomic E-state index is 11.9. The molecular weight excluding hydrogens is 424 g/mol. The van der Waals surface area contributed by atoms with Crippen LogP contribution < -0.4 is 9.47 Å². The zero-order valence-electron chi connectivity index (χ0n) is 20.2. The predicted molar refractivity (Wildman–Crippen MR) is 127 cm³/mol. The van der Waals surface area contributed by atoms with Crippen molar-refractivity contribution in [1.82, 2.24) is 0 Å². The maximum Gasteiger partial charge on any atom is 0.341 e. The quantitative estimate of drug-likeness (QED) is 0.125. The molecule has 1 fully saturated rings. The second-order valence-electron chi connectivity index (χ2n) is 8.29. The van der Waals surface area contributed by atoms with Crippen LogP contribution >= 0.6 is 0 Å². The van der Waals surface area contributed by atoms with Crippen LogP contribution in [0.5, 0.6) is 11.5 Å². The van der Waals surface area contributed by atoms with Gasteiger partial charge in [0.15, 0.2) is 11.5 Å². The van der Waals surface area contributed by atoms with E-state index in [9.17, 15) is 9.90 Å². The van der Waals surface area contributed by atoms with E-state index < -0.39 is 5.97 Å². The van der Waals surface area contributed by atoms with E-state index in [1.165, 1.54) is 26.1 Å². The maximum atomic E-state index is 11.9. The monoisotopic (exact) mass is 458 g/mol. The number of methoxy groups -OCH3 is 2. The van der Waals surface area contributed by atoms with Gasteiger partial charge in [-0.05, 0) is 57.0 Å². The highest BCUT2D eigenvalue weighted by Crippen LogP contribution is 2.37. The van der Waals surface area contributed by atoms with E-state index in [1.807, 2.05) is 58.0 Å². The topological polar surface area (TPSA) is 86.8 Å². The third-order valence-corrected chi connectivity index (χ3v) is 5.00. The van der Waals surface area contributed by atoms with Crippen LogP contribution in [0.15, 0.2) is 59.4 Å². The number of carbonyl (C=O) groups is 1. The number of rotatable bonds is 12. The SMILES string of the molecule is CO\C=C(C(=O)OC)/C(=C\C=C\c1ccc(OCC=C(C)C)c(OC[C@@H]2OC2(C)C)c1)CO. The van der Waals surface area contributed by atoms with Crippen molar-refractivity contribution in [3.05, 3.63) is 65.0 Å². The van der Waals surface area contributed by atoms with E-state index in [0.717, 1.165) is 5.56 Å². The van der Waals surface area contributed by atoms with Crippen LogP contribution in [0.4, 0.5) is 0 Å². The molecule has 0 aliphatic carbocycles. The van der Waals surface area contributed by atoms with Gasteiger partial charge in [0.1, 0.15) is 19.3 Å². The van der Waals surface area contributed by atoms with Crippen LogP contribution in [-0.2, 0) is 19.0 Å². The summed E-state index contributed by atoms with van der Waals surface area (Å²) in [6.45, 7) is 8.61. The Morgan fingerprint density at radius 3 is 2.48 bits per heavy atom. The summed E-state index contributed by atoms with van der Waals surface area (Å²) in [4.78, 5) is 11.9. The summed E-state index contributed by atoms with van der Waals surface area (Å²) in [6, 6.07) is 5.63. The molecule has 7 nitrogen and oxygen atoms in total. The largest absolute Gasteiger partial charge is 0.503 e. The van der Waals surface area contributed by atoms with Crippen molar-refractivity contribution >= 4 is 12.0 Å². The van der Waals surface area contributed by atoms with Gasteiger partial charge in [-0.2, -0.15) is 0 Å². The lowest BCUT2D eigenvalue weighted by molar-refractivity contribution is -0.136. The Hall–Kier alpha value is -3.03. The summed E-state index contributed by atoms with van der Waals surface area (Å²) in [7, 11) is 2.69. The Morgan fingerprint density at radius 1 is 1.18 bits per heavy atom. The van der Waals surface area contributed by atoms with Crippen molar-refractivity contribution in [3.8, 4) is 11.5 Å². The molecular formula is C26H34O7. The Kier molecular flexibility index (Phi) is 9.75. The summed E-state index contributed by atoms with van der Waals surface area (Å²) >= 11 is 0. The van der Waals surface area contributed by atoms with Crippen LogP contribution in [0.25, 0.3) is 6.08 Å². The van der Waals surface area contributed by atoms with Crippen LogP contribution in [0.2, 0.25) is 0 Å². The molecule has 0 unspecified atom stereocenters. The molecule has 33 heavy (non-hydrogen) atoms. The van der Waals surface area contributed by atoms with E-state index >= 15 is 0 Å². The fourth-order valence-electron chi connectivity index (χ4n) is 2.88. The summed E-state index contributed by atoms with van der Waals surface area (Å²) < 4.78 is 27.2. The third-order valence-electron chi connectivity index (χ3n) is 5.00. The van der Waals surface area contributed by atoms with Gasteiger partial charge in [0.2, 0.25) is 0 Å². The van der Waals surface area contributed by atoms with Crippen molar-refractivity contribution < 1.29 is 33.6 Å². The Balaban J connectivity index is 2.22. The molecule has 1 aliphatic heterocycles. The highest BCUT2D eigenvalue weighted by molar-refractivity contribution is 5.93. The highest BCUT2D eigenvalue weighted by Gasteiger charge is 2.48. The van der Waals surface area contributed by atoms with Crippen LogP contribution in [0, 0.1) is 0 Å². The molecule has 1 aliphatic rings. The highest BCUT2D eigenvalue weighted by atomic mass is 16.6. The average molecular weight is 459 g/mol. The molecule has 1 aromatic carbocycles. The molecule has 1 heterocycles. The predicted octanol–water partition coefficient (Wildman–Crippen LogP) is 4.22. The Bertz CT molecular complexity index is 934. The number of allylic oxidation sites excluding steroid dienone is 3. The summed E-state index contributed by atoms with van der Waals surface area (Å²) in [5, 5.41) is 9.68. The number of benzene rings is 1. The molecule has 0 bridgehead atoms. The van der Waals surface area contributed by atoms with E-state index in [-0.39, 0.29) is 23.9 Å². The van der Waals surface area contributed by atoms with Gasteiger partial charge in [0, 0.05) is 0 Å². The van der Waals surface area contributed by atoms with Gasteiger partial charge < -0.3 is 28.8 Å². The normalized spacial score (nSPS) is 17.5. The first-order valence-electron chi connectivity index (χ1n) is 10.7. The number of esters is 1. The zero-order valence-corrected chi connectivity index (χ0v) is 20.2. The van der Waals surface area contributed by atoms with Gasteiger partial charge in [0.25, 0.3) is 0 Å².